The van der Waals surface area contributed by atoms with Crippen LogP contribution in [0.15, 0.2) is 30.9 Å². The first-order valence-electron chi connectivity index (χ1n) is 5.89. The average Bonchev–Trinajstić information content (AvgIpc) is 2.32. The summed E-state index contributed by atoms with van der Waals surface area (Å²) in [5, 5.41) is 9.95. The van der Waals surface area contributed by atoms with Gasteiger partial charge in [-0.1, -0.05) is 36.6 Å². The average molecular weight is 257 g/mol. The SMILES string of the molecule is C=CCCCCCC(O)c1ccc(F)c(Cl)c1. The third-order valence-electron chi connectivity index (χ3n) is 2.71. The maximum absolute atomic E-state index is 12.9. The van der Waals surface area contributed by atoms with Crippen molar-refractivity contribution >= 4 is 11.6 Å². The Hall–Kier alpha value is -0.860. The maximum Gasteiger partial charge on any atom is 0.141 e. The molecule has 0 amide bonds. The van der Waals surface area contributed by atoms with Gasteiger partial charge in [0.25, 0.3) is 0 Å². The van der Waals surface area contributed by atoms with Crippen LogP contribution in [0.1, 0.15) is 43.8 Å². The molecule has 1 N–H and O–H groups in total. The number of aliphatic hydroxyl groups excluding tert-OH is 1. The normalized spacial score (nSPS) is 12.4. The highest BCUT2D eigenvalue weighted by atomic mass is 35.5. The van der Waals surface area contributed by atoms with E-state index in [1.807, 2.05) is 6.08 Å². The summed E-state index contributed by atoms with van der Waals surface area (Å²) >= 11 is 5.66. The standard InChI is InChI=1S/C14H18ClFO/c1-2-3-4-5-6-7-14(17)11-8-9-13(16)12(15)10-11/h2,8-10,14,17H,1,3-7H2. The van der Waals surface area contributed by atoms with Gasteiger partial charge in [-0.05, 0) is 37.0 Å². The number of rotatable bonds is 7. The highest BCUT2D eigenvalue weighted by Gasteiger charge is 2.09. The van der Waals surface area contributed by atoms with Crippen molar-refractivity contribution < 1.29 is 9.50 Å². The fraction of sp³-hybridized carbons (Fsp3) is 0.429. The summed E-state index contributed by atoms with van der Waals surface area (Å²) in [6.07, 6.45) is 6.15. The van der Waals surface area contributed by atoms with Gasteiger partial charge in [0.2, 0.25) is 0 Å². The fourth-order valence-electron chi connectivity index (χ4n) is 1.69. The quantitative estimate of drug-likeness (QED) is 0.556. The van der Waals surface area contributed by atoms with Crippen molar-refractivity contribution in [2.75, 3.05) is 0 Å². The van der Waals surface area contributed by atoms with Crippen molar-refractivity contribution in [3.63, 3.8) is 0 Å². The molecule has 0 spiro atoms. The van der Waals surface area contributed by atoms with Gasteiger partial charge in [-0.2, -0.15) is 0 Å². The second-order valence-corrected chi connectivity index (χ2v) is 4.52. The first kappa shape index (κ1) is 14.2. The second-order valence-electron chi connectivity index (χ2n) is 4.12. The molecule has 1 nitrogen and oxygen atoms in total. The van der Waals surface area contributed by atoms with Crippen molar-refractivity contribution in [3.05, 3.63) is 47.3 Å². The minimum Gasteiger partial charge on any atom is -0.388 e. The lowest BCUT2D eigenvalue weighted by Gasteiger charge is -2.11. The second kappa shape index (κ2) is 7.46. The molecule has 0 bridgehead atoms. The van der Waals surface area contributed by atoms with E-state index in [4.69, 9.17) is 11.6 Å². The highest BCUT2D eigenvalue weighted by molar-refractivity contribution is 6.30. The zero-order valence-corrected chi connectivity index (χ0v) is 10.6. The van der Waals surface area contributed by atoms with Crippen LogP contribution in [0.3, 0.4) is 0 Å². The van der Waals surface area contributed by atoms with E-state index >= 15 is 0 Å². The highest BCUT2D eigenvalue weighted by Crippen LogP contribution is 2.24. The van der Waals surface area contributed by atoms with Crippen LogP contribution >= 0.6 is 11.6 Å². The molecule has 0 radical (unpaired) electrons. The fourth-order valence-corrected chi connectivity index (χ4v) is 1.88. The van der Waals surface area contributed by atoms with Crippen LogP contribution in [-0.4, -0.2) is 5.11 Å². The molecule has 94 valence electrons. The largest absolute Gasteiger partial charge is 0.388 e. The van der Waals surface area contributed by atoms with Gasteiger partial charge in [-0.15, -0.1) is 6.58 Å². The van der Waals surface area contributed by atoms with Crippen LogP contribution in [0, 0.1) is 5.82 Å². The van der Waals surface area contributed by atoms with E-state index in [0.29, 0.717) is 12.0 Å². The van der Waals surface area contributed by atoms with Gasteiger partial charge in [0.05, 0.1) is 11.1 Å². The lowest BCUT2D eigenvalue weighted by Crippen LogP contribution is -1.98. The zero-order valence-electron chi connectivity index (χ0n) is 9.83. The van der Waals surface area contributed by atoms with Gasteiger partial charge in [0, 0.05) is 0 Å². The van der Waals surface area contributed by atoms with E-state index in [2.05, 4.69) is 6.58 Å². The first-order valence-corrected chi connectivity index (χ1v) is 6.27. The summed E-state index contributed by atoms with van der Waals surface area (Å²) in [4.78, 5) is 0. The van der Waals surface area contributed by atoms with Crippen molar-refractivity contribution in [2.45, 2.75) is 38.2 Å². The molecule has 1 unspecified atom stereocenters. The Labute approximate surface area is 107 Å². The molecule has 3 heteroatoms. The number of benzene rings is 1. The number of unbranched alkanes of at least 4 members (excludes halogenated alkanes) is 3. The maximum atomic E-state index is 12.9. The molecule has 0 fully saturated rings. The Bertz CT molecular complexity index is 365. The van der Waals surface area contributed by atoms with Crippen molar-refractivity contribution in [2.24, 2.45) is 0 Å². The molecule has 1 atom stereocenters. The van der Waals surface area contributed by atoms with Gasteiger partial charge < -0.3 is 5.11 Å². The zero-order chi connectivity index (χ0) is 12.7. The van der Waals surface area contributed by atoms with E-state index in [0.717, 1.165) is 25.7 Å². The topological polar surface area (TPSA) is 20.2 Å². The molecule has 1 aromatic carbocycles. The molecular weight excluding hydrogens is 239 g/mol. The van der Waals surface area contributed by atoms with Crippen LogP contribution in [0.4, 0.5) is 4.39 Å². The molecule has 0 aliphatic carbocycles. The summed E-state index contributed by atoms with van der Waals surface area (Å²) in [5.74, 6) is -0.450. The number of aliphatic hydroxyl groups is 1. The third kappa shape index (κ3) is 4.88. The van der Waals surface area contributed by atoms with Gasteiger partial charge in [0.1, 0.15) is 5.82 Å². The summed E-state index contributed by atoms with van der Waals surface area (Å²) in [7, 11) is 0. The van der Waals surface area contributed by atoms with Gasteiger partial charge in [-0.25, -0.2) is 4.39 Å². The summed E-state index contributed by atoms with van der Waals surface area (Å²) in [6.45, 7) is 3.66. The Morgan fingerprint density at radius 3 is 2.76 bits per heavy atom. The Balaban J connectivity index is 2.38. The Kier molecular flexibility index (Phi) is 6.23. The van der Waals surface area contributed by atoms with E-state index in [-0.39, 0.29) is 5.02 Å². The molecule has 17 heavy (non-hydrogen) atoms. The Morgan fingerprint density at radius 2 is 2.12 bits per heavy atom. The first-order chi connectivity index (χ1) is 8.15. The van der Waals surface area contributed by atoms with Crippen LogP contribution < -0.4 is 0 Å². The summed E-state index contributed by atoms with van der Waals surface area (Å²) < 4.78 is 12.9. The lowest BCUT2D eigenvalue weighted by atomic mass is 10.0. The van der Waals surface area contributed by atoms with Gasteiger partial charge >= 0.3 is 0 Å². The van der Waals surface area contributed by atoms with E-state index in [9.17, 15) is 9.50 Å². The smallest absolute Gasteiger partial charge is 0.141 e. The molecule has 0 aromatic heterocycles. The van der Waals surface area contributed by atoms with Crippen molar-refractivity contribution in [1.29, 1.82) is 0 Å². The minimum atomic E-state index is -0.558. The number of allylic oxidation sites excluding steroid dienone is 1. The van der Waals surface area contributed by atoms with E-state index < -0.39 is 11.9 Å². The Morgan fingerprint density at radius 1 is 1.35 bits per heavy atom. The lowest BCUT2D eigenvalue weighted by molar-refractivity contribution is 0.163. The van der Waals surface area contributed by atoms with Crippen molar-refractivity contribution in [1.82, 2.24) is 0 Å². The van der Waals surface area contributed by atoms with Crippen LogP contribution in [0.2, 0.25) is 5.02 Å². The predicted molar refractivity (Wildman–Crippen MR) is 69.7 cm³/mol. The number of hydrogen-bond donors (Lipinski definition) is 1. The summed E-state index contributed by atoms with van der Waals surface area (Å²) in [6, 6.07) is 4.36. The van der Waals surface area contributed by atoms with Gasteiger partial charge in [0.15, 0.2) is 0 Å². The van der Waals surface area contributed by atoms with Crippen LogP contribution in [0.5, 0.6) is 0 Å². The summed E-state index contributed by atoms with van der Waals surface area (Å²) in [5.41, 5.74) is 0.681. The molecule has 0 aliphatic heterocycles. The molecule has 1 rings (SSSR count). The van der Waals surface area contributed by atoms with Gasteiger partial charge in [-0.3, -0.25) is 0 Å². The van der Waals surface area contributed by atoms with E-state index in [1.54, 1.807) is 6.07 Å². The molecule has 0 aliphatic rings. The molecule has 0 saturated carbocycles. The predicted octanol–water partition coefficient (Wildman–Crippen LogP) is 4.65. The van der Waals surface area contributed by atoms with E-state index in [1.165, 1.54) is 12.1 Å². The molecule has 1 aromatic rings. The third-order valence-corrected chi connectivity index (χ3v) is 3.00. The molecular formula is C14H18ClFO. The van der Waals surface area contributed by atoms with Crippen LogP contribution in [0.25, 0.3) is 0 Å². The van der Waals surface area contributed by atoms with Crippen LogP contribution in [-0.2, 0) is 0 Å². The van der Waals surface area contributed by atoms with Crippen molar-refractivity contribution in [3.8, 4) is 0 Å². The molecule has 0 saturated heterocycles. The number of hydrogen-bond acceptors (Lipinski definition) is 1. The molecule has 0 heterocycles. The minimum absolute atomic E-state index is 0.0632. The monoisotopic (exact) mass is 256 g/mol. The number of halogens is 2.